The molecule has 112 heavy (non-hydrogen) atoms. The normalized spacial score (nSPS) is 11.6. The summed E-state index contributed by atoms with van der Waals surface area (Å²) in [6.45, 7) is 0. The second-order valence-corrected chi connectivity index (χ2v) is 27.7. The number of aromatic nitrogens is 8. The zero-order valence-electron chi connectivity index (χ0n) is 59.5. The van der Waals surface area contributed by atoms with Crippen molar-refractivity contribution >= 4 is 222 Å². The standard InChI is InChI=1S/C104H52N8/c1-2-18-66-26-10-34-74(58-66)98-83-45-47-87(107-83)101-77-37-13-29-69(61-77)21-5-3-19-67-27-11-35-75(59-67)99-85-43-41-81(105-85)97(73-33-9-25-65(17-1)57-73)82-42-44-86(106-82)100-76-36-12-28-68(60-76)20-4-6-22-70-30-14-38-78(62-70)102(88-48-46-84(98)108-88)92-54-56-96(112-92)104(95-55-53-91(101)111-95)80-40-16-32-72(64-80)24-8-7-23-71-31-15-39-79(63-71)103(93-51-49-89(99)109-93)94-52-50-90(100)110-94/h9-16,25-64,105,107,110,112H. The summed E-state index contributed by atoms with van der Waals surface area (Å²) < 4.78 is 0. The molecule has 0 atom stereocenters. The van der Waals surface area contributed by atoms with Gasteiger partial charge in [-0.3, -0.25) is 0 Å². The number of nitrogens with zero attached hydrogens (tertiary/aromatic N) is 4. The molecule has 0 fully saturated rings. The first-order valence-electron chi connectivity index (χ1n) is 36.6. The number of aromatic amines is 4. The zero-order chi connectivity index (χ0) is 74.0. The average Bonchev–Trinajstić information content (AvgIpc) is 1.61. The first-order chi connectivity index (χ1) is 55.4. The number of hydrogen-bond acceptors (Lipinski definition) is 4. The average molecular weight is 1410 g/mol. The Morgan fingerprint density at radius 1 is 0.161 bits per heavy atom. The fourth-order valence-corrected chi connectivity index (χ4v) is 15.7. The molecule has 4 aliphatic heterocycles. The second-order valence-electron chi connectivity index (χ2n) is 27.7. The van der Waals surface area contributed by atoms with E-state index in [0.29, 0.717) is 0 Å². The molecule has 22 rings (SSSR count). The highest BCUT2D eigenvalue weighted by molar-refractivity contribution is 6.15. The molecule has 0 aliphatic carbocycles. The van der Waals surface area contributed by atoms with Crippen LogP contribution < -0.4 is 0 Å². The van der Waals surface area contributed by atoms with Crippen molar-refractivity contribution in [3.05, 3.63) is 385 Å². The molecule has 14 heterocycles. The van der Waals surface area contributed by atoms with Gasteiger partial charge in [0, 0.05) is 130 Å². The monoisotopic (exact) mass is 1410 g/mol. The van der Waals surface area contributed by atoms with Gasteiger partial charge < -0.3 is 19.9 Å². The molecule has 0 saturated heterocycles. The largest absolute Gasteiger partial charge is 0.354 e. The van der Waals surface area contributed by atoms with Gasteiger partial charge in [-0.25, -0.2) is 19.9 Å². The molecule has 8 nitrogen and oxygen atoms in total. The lowest BCUT2D eigenvalue weighted by Crippen LogP contribution is -1.83. The van der Waals surface area contributed by atoms with Gasteiger partial charge in [0.1, 0.15) is 0 Å². The van der Waals surface area contributed by atoms with Crippen LogP contribution in [-0.2, 0) is 0 Å². The van der Waals surface area contributed by atoms with Crippen molar-refractivity contribution in [2.24, 2.45) is 0 Å². The topological polar surface area (TPSA) is 115 Å². The number of H-pyrrole nitrogens is 4. The Labute approximate surface area is 643 Å². The van der Waals surface area contributed by atoms with Crippen molar-refractivity contribution in [1.29, 1.82) is 0 Å². The van der Waals surface area contributed by atoms with Crippen molar-refractivity contribution < 1.29 is 0 Å². The van der Waals surface area contributed by atoms with E-state index in [9.17, 15) is 0 Å². The minimum Gasteiger partial charge on any atom is -0.354 e. The molecule has 8 heteroatoms. The number of hydrogen-bond donors (Lipinski definition) is 4. The first kappa shape index (κ1) is 63.9. The van der Waals surface area contributed by atoms with Gasteiger partial charge in [0.05, 0.1) is 45.6 Å². The third-order valence-corrected chi connectivity index (χ3v) is 20.6. The molecule has 508 valence electrons. The van der Waals surface area contributed by atoms with Crippen LogP contribution in [0.15, 0.2) is 243 Å². The lowest BCUT2D eigenvalue weighted by Gasteiger charge is -2.00. The van der Waals surface area contributed by atoms with Crippen molar-refractivity contribution in [2.75, 3.05) is 0 Å². The van der Waals surface area contributed by atoms with Crippen LogP contribution in [0, 0.1) is 97.1 Å². The summed E-state index contributed by atoms with van der Waals surface area (Å²) >= 11 is 0. The summed E-state index contributed by atoms with van der Waals surface area (Å²) in [4.78, 5) is 38.6. The van der Waals surface area contributed by atoms with E-state index in [1.165, 1.54) is 0 Å². The Balaban J connectivity index is 1.02. The first-order valence-corrected chi connectivity index (χ1v) is 36.6. The molecule has 18 aromatic rings. The van der Waals surface area contributed by atoms with E-state index in [0.717, 1.165) is 219 Å². The Hall–Kier alpha value is -16.6. The third kappa shape index (κ3) is 11.9. The highest BCUT2D eigenvalue weighted by Gasteiger charge is 2.18. The van der Waals surface area contributed by atoms with Gasteiger partial charge in [-0.2, -0.15) is 0 Å². The molecule has 10 aromatic heterocycles. The summed E-state index contributed by atoms with van der Waals surface area (Å²) in [5.74, 6) is 0. The van der Waals surface area contributed by atoms with Gasteiger partial charge in [0.2, 0.25) is 0 Å². The third-order valence-electron chi connectivity index (χ3n) is 20.6. The minimum absolute atomic E-state index is 0.734. The molecule has 0 radical (unpaired) electrons. The molecular formula is C104H52N8. The van der Waals surface area contributed by atoms with Crippen LogP contribution >= 0.6 is 0 Å². The van der Waals surface area contributed by atoms with Crippen LogP contribution in [-0.4, -0.2) is 39.9 Å². The van der Waals surface area contributed by atoms with Gasteiger partial charge in [-0.1, -0.05) is 146 Å². The van der Waals surface area contributed by atoms with E-state index >= 15 is 0 Å². The van der Waals surface area contributed by atoms with Gasteiger partial charge in [-0.05, 0) is 286 Å². The summed E-state index contributed by atoms with van der Waals surface area (Å²) in [6, 6.07) is 137. The van der Waals surface area contributed by atoms with E-state index in [1.54, 1.807) is 0 Å². The van der Waals surface area contributed by atoms with Gasteiger partial charge in [0.25, 0.3) is 0 Å². The molecule has 40 bridgehead atoms. The smallest absolute Gasteiger partial charge is 0.0737 e. The van der Waals surface area contributed by atoms with Crippen molar-refractivity contribution in [3.8, 4) is 0 Å². The molecule has 0 saturated carbocycles. The van der Waals surface area contributed by atoms with E-state index in [-0.39, 0.29) is 0 Å². The van der Waals surface area contributed by atoms with Crippen molar-refractivity contribution in [1.82, 2.24) is 39.9 Å². The molecule has 8 aromatic carbocycles. The highest BCUT2D eigenvalue weighted by atomic mass is 14.8. The second kappa shape index (κ2) is 26.8. The highest BCUT2D eigenvalue weighted by Crippen LogP contribution is 2.38. The minimum atomic E-state index is 0.734. The lowest BCUT2D eigenvalue weighted by atomic mass is 10.1. The molecule has 4 aliphatic rings. The fraction of sp³-hybridized carbons (Fsp3) is 0. The van der Waals surface area contributed by atoms with Crippen LogP contribution in [0.2, 0.25) is 0 Å². The number of nitrogens with one attached hydrogen (secondary N) is 4. The maximum atomic E-state index is 5.69. The van der Waals surface area contributed by atoms with Crippen molar-refractivity contribution in [2.45, 2.75) is 0 Å². The van der Waals surface area contributed by atoms with Gasteiger partial charge >= 0.3 is 0 Å². The number of fused-ring (bicyclic) bond motifs is 4. The molecule has 0 amide bonds. The Morgan fingerprint density at radius 2 is 0.295 bits per heavy atom. The van der Waals surface area contributed by atoms with E-state index in [2.05, 4.69) is 311 Å². The number of benzene rings is 8. The summed E-state index contributed by atoms with van der Waals surface area (Å²) in [5.41, 5.74) is 12.4. The van der Waals surface area contributed by atoms with Crippen LogP contribution in [0.3, 0.4) is 0 Å². The SMILES string of the molecule is c1c#cc2cccc(c2)c2c3nc(c4c5cccc(c#cc#cc6cccc(c6)c6c7nc(c(c8cccc(c#1)c8)c1ccc([nH]1)c1c8nc(c(c9cccc(c#cc#cc%10cccc(c%10)c(c%10nc(c(c%11cccc(c#cc#cc%12cccc1c%12)c%11)c1ccc2[nH]1)C=C%10)c1ccc4[nH]1)c9)c1ccc6[nH]1)C=C8)C=C7)c5)C=C3. The summed E-state index contributed by atoms with van der Waals surface area (Å²) in [5, 5.41) is 20.1. The zero-order valence-corrected chi connectivity index (χ0v) is 59.5. The van der Waals surface area contributed by atoms with E-state index in [1.807, 2.05) is 97.1 Å². The Bertz CT molecular complexity index is 6540. The fourth-order valence-electron chi connectivity index (χ4n) is 15.7. The number of rotatable bonds is 0. The maximum Gasteiger partial charge on any atom is 0.0737 e. The lowest BCUT2D eigenvalue weighted by molar-refractivity contribution is 1.35. The predicted molar refractivity (Wildman–Crippen MR) is 460 cm³/mol. The van der Waals surface area contributed by atoms with E-state index < -0.39 is 0 Å². The summed E-state index contributed by atoms with van der Waals surface area (Å²) in [6.07, 6.45) is 16.8. The van der Waals surface area contributed by atoms with Gasteiger partial charge in [-0.15, -0.1) is 0 Å². The molecule has 4 N–H and O–H groups in total. The van der Waals surface area contributed by atoms with Crippen LogP contribution in [0.4, 0.5) is 0 Å². The summed E-state index contributed by atoms with van der Waals surface area (Å²) in [7, 11) is 0. The van der Waals surface area contributed by atoms with E-state index in [4.69, 9.17) is 19.9 Å². The maximum absolute atomic E-state index is 5.69. The van der Waals surface area contributed by atoms with Crippen LogP contribution in [0.5, 0.6) is 0 Å². The predicted octanol–water partition coefficient (Wildman–Crippen LogP) is 24.5. The quantitative estimate of drug-likeness (QED) is 0.121. The Kier molecular flexibility index (Phi) is 15.3. The van der Waals surface area contributed by atoms with Crippen LogP contribution in [0.1, 0.15) is 45.6 Å². The van der Waals surface area contributed by atoms with Crippen LogP contribution in [0.25, 0.3) is 222 Å². The molecular weight excluding hydrogens is 1360 g/mol. The molecule has 0 spiro atoms. The Morgan fingerprint density at radius 3 is 0.429 bits per heavy atom. The molecule has 0 unspecified atom stereocenters. The van der Waals surface area contributed by atoms with Gasteiger partial charge in [0.15, 0.2) is 0 Å². The van der Waals surface area contributed by atoms with Crippen molar-refractivity contribution in [3.63, 3.8) is 0 Å².